The highest BCUT2D eigenvalue weighted by Crippen LogP contribution is 2.44. The Hall–Kier alpha value is -0.530. The zero-order valence-corrected chi connectivity index (χ0v) is 12.1. The number of rotatable bonds is 3. The van der Waals surface area contributed by atoms with Crippen LogP contribution >= 0.6 is 11.6 Å². The number of hydrogen-bond acceptors (Lipinski definition) is 1. The second-order valence-electron chi connectivity index (χ2n) is 5.72. The molecule has 1 aromatic carbocycles. The van der Waals surface area contributed by atoms with Crippen molar-refractivity contribution in [2.24, 2.45) is 11.8 Å². The SMILES string of the molecule is CCC1CCCCC1C(C)(O)c1cccc(Cl)c1. The highest BCUT2D eigenvalue weighted by Gasteiger charge is 2.39. The van der Waals surface area contributed by atoms with Gasteiger partial charge in [-0.3, -0.25) is 0 Å². The van der Waals surface area contributed by atoms with Gasteiger partial charge in [-0.05, 0) is 42.9 Å². The van der Waals surface area contributed by atoms with Crippen LogP contribution in [0.4, 0.5) is 0 Å². The third-order valence-electron chi connectivity index (χ3n) is 4.56. The predicted molar refractivity (Wildman–Crippen MR) is 76.8 cm³/mol. The van der Waals surface area contributed by atoms with Gasteiger partial charge in [-0.25, -0.2) is 0 Å². The first-order valence-corrected chi connectivity index (χ1v) is 7.42. The predicted octanol–water partition coefficient (Wildman–Crippen LogP) is 4.76. The molecule has 0 heterocycles. The van der Waals surface area contributed by atoms with Gasteiger partial charge in [-0.2, -0.15) is 0 Å². The molecule has 1 aliphatic rings. The molecule has 0 aromatic heterocycles. The fourth-order valence-corrected chi connectivity index (χ4v) is 3.64. The number of hydrogen-bond donors (Lipinski definition) is 1. The lowest BCUT2D eigenvalue weighted by Gasteiger charge is -2.41. The zero-order chi connectivity index (χ0) is 13.2. The van der Waals surface area contributed by atoms with E-state index in [2.05, 4.69) is 6.92 Å². The van der Waals surface area contributed by atoms with E-state index in [9.17, 15) is 5.11 Å². The normalized spacial score (nSPS) is 27.8. The minimum absolute atomic E-state index is 0.356. The first-order valence-electron chi connectivity index (χ1n) is 7.04. The van der Waals surface area contributed by atoms with Crippen LogP contribution in [-0.2, 0) is 5.60 Å². The van der Waals surface area contributed by atoms with Gasteiger partial charge < -0.3 is 5.11 Å². The van der Waals surface area contributed by atoms with E-state index in [-0.39, 0.29) is 0 Å². The smallest absolute Gasteiger partial charge is 0.0899 e. The highest BCUT2D eigenvalue weighted by atomic mass is 35.5. The van der Waals surface area contributed by atoms with Crippen LogP contribution in [-0.4, -0.2) is 5.11 Å². The molecule has 0 bridgehead atoms. The molecule has 2 rings (SSSR count). The van der Waals surface area contributed by atoms with Crippen LogP contribution in [0.15, 0.2) is 24.3 Å². The molecule has 1 fully saturated rings. The molecule has 3 unspecified atom stereocenters. The van der Waals surface area contributed by atoms with Crippen LogP contribution in [0.2, 0.25) is 5.02 Å². The van der Waals surface area contributed by atoms with Crippen molar-refractivity contribution in [3.8, 4) is 0 Å². The van der Waals surface area contributed by atoms with Crippen LogP contribution in [0.25, 0.3) is 0 Å². The molecule has 100 valence electrons. The molecule has 0 amide bonds. The van der Waals surface area contributed by atoms with Gasteiger partial charge in [-0.1, -0.05) is 56.3 Å². The topological polar surface area (TPSA) is 20.2 Å². The van der Waals surface area contributed by atoms with Crippen molar-refractivity contribution in [3.05, 3.63) is 34.9 Å². The second kappa shape index (κ2) is 5.63. The van der Waals surface area contributed by atoms with Crippen molar-refractivity contribution >= 4 is 11.6 Å². The summed E-state index contributed by atoms with van der Waals surface area (Å²) in [4.78, 5) is 0. The quantitative estimate of drug-likeness (QED) is 0.836. The van der Waals surface area contributed by atoms with E-state index in [1.165, 1.54) is 19.3 Å². The van der Waals surface area contributed by atoms with Crippen LogP contribution in [0, 0.1) is 11.8 Å². The average Bonchev–Trinajstić information content (AvgIpc) is 2.38. The van der Waals surface area contributed by atoms with Crippen LogP contribution in [0.5, 0.6) is 0 Å². The summed E-state index contributed by atoms with van der Waals surface area (Å²) in [7, 11) is 0. The average molecular weight is 267 g/mol. The van der Waals surface area contributed by atoms with Gasteiger partial charge in [0.15, 0.2) is 0 Å². The molecule has 1 nitrogen and oxygen atoms in total. The van der Waals surface area contributed by atoms with Crippen molar-refractivity contribution in [3.63, 3.8) is 0 Å². The molecule has 1 aliphatic carbocycles. The van der Waals surface area contributed by atoms with Crippen molar-refractivity contribution in [2.75, 3.05) is 0 Å². The lowest BCUT2D eigenvalue weighted by Crippen LogP contribution is -2.38. The zero-order valence-electron chi connectivity index (χ0n) is 11.3. The van der Waals surface area contributed by atoms with Crippen molar-refractivity contribution in [2.45, 2.75) is 51.6 Å². The molecule has 1 saturated carbocycles. The molecule has 0 saturated heterocycles. The Bertz CT molecular complexity index is 400. The molecule has 3 atom stereocenters. The Labute approximate surface area is 115 Å². The minimum atomic E-state index is -0.758. The first-order chi connectivity index (χ1) is 8.55. The Morgan fingerprint density at radius 3 is 2.72 bits per heavy atom. The first kappa shape index (κ1) is 13.9. The largest absolute Gasteiger partial charge is 0.385 e. The molecule has 0 spiro atoms. The van der Waals surface area contributed by atoms with Gasteiger partial charge in [0.25, 0.3) is 0 Å². The number of halogens is 1. The maximum atomic E-state index is 11.0. The second-order valence-corrected chi connectivity index (χ2v) is 6.15. The van der Waals surface area contributed by atoms with E-state index in [1.807, 2.05) is 31.2 Å². The highest BCUT2D eigenvalue weighted by molar-refractivity contribution is 6.30. The maximum absolute atomic E-state index is 11.0. The molecule has 2 heteroatoms. The summed E-state index contributed by atoms with van der Waals surface area (Å²) in [6, 6.07) is 7.69. The Morgan fingerprint density at radius 2 is 2.06 bits per heavy atom. The molecule has 1 N–H and O–H groups in total. The van der Waals surface area contributed by atoms with E-state index in [1.54, 1.807) is 0 Å². The van der Waals surface area contributed by atoms with Crippen molar-refractivity contribution in [1.82, 2.24) is 0 Å². The van der Waals surface area contributed by atoms with Crippen LogP contribution in [0.3, 0.4) is 0 Å². The monoisotopic (exact) mass is 266 g/mol. The van der Waals surface area contributed by atoms with Crippen molar-refractivity contribution in [1.29, 1.82) is 0 Å². The Balaban J connectivity index is 2.28. The van der Waals surface area contributed by atoms with E-state index < -0.39 is 5.60 Å². The standard InChI is InChI=1S/C16H23ClO/c1-3-12-7-4-5-10-15(12)16(2,18)13-8-6-9-14(17)11-13/h6,8-9,11-12,15,18H,3-5,7,10H2,1-2H3. The van der Waals surface area contributed by atoms with Crippen LogP contribution in [0.1, 0.15) is 51.5 Å². The summed E-state index contributed by atoms with van der Waals surface area (Å²) in [5, 5.41) is 11.7. The van der Waals surface area contributed by atoms with Gasteiger partial charge in [0.05, 0.1) is 5.60 Å². The summed E-state index contributed by atoms with van der Waals surface area (Å²) in [6.07, 6.45) is 6.07. The van der Waals surface area contributed by atoms with E-state index in [4.69, 9.17) is 11.6 Å². The molecule has 0 aliphatic heterocycles. The fourth-order valence-electron chi connectivity index (χ4n) is 3.45. The van der Waals surface area contributed by atoms with E-state index in [0.717, 1.165) is 18.4 Å². The third kappa shape index (κ3) is 2.73. The fraction of sp³-hybridized carbons (Fsp3) is 0.625. The van der Waals surface area contributed by atoms with Gasteiger partial charge in [0, 0.05) is 5.02 Å². The van der Waals surface area contributed by atoms with Gasteiger partial charge >= 0.3 is 0 Å². The Kier molecular flexibility index (Phi) is 4.34. The molecule has 0 radical (unpaired) electrons. The van der Waals surface area contributed by atoms with Crippen molar-refractivity contribution < 1.29 is 5.11 Å². The molecular formula is C16H23ClO. The summed E-state index contributed by atoms with van der Waals surface area (Å²) in [5.41, 5.74) is 0.201. The molecule has 1 aromatic rings. The lowest BCUT2D eigenvalue weighted by molar-refractivity contribution is -0.0488. The summed E-state index contributed by atoms with van der Waals surface area (Å²) >= 11 is 6.05. The van der Waals surface area contributed by atoms with Gasteiger partial charge in [0.2, 0.25) is 0 Å². The minimum Gasteiger partial charge on any atom is -0.385 e. The lowest BCUT2D eigenvalue weighted by atomic mass is 9.67. The summed E-state index contributed by atoms with van der Waals surface area (Å²) in [6.45, 7) is 4.19. The molecular weight excluding hydrogens is 244 g/mol. The summed E-state index contributed by atoms with van der Waals surface area (Å²) < 4.78 is 0. The number of aliphatic hydroxyl groups is 1. The van der Waals surface area contributed by atoms with E-state index >= 15 is 0 Å². The van der Waals surface area contributed by atoms with E-state index in [0.29, 0.717) is 16.9 Å². The molecule has 18 heavy (non-hydrogen) atoms. The third-order valence-corrected chi connectivity index (χ3v) is 4.80. The summed E-state index contributed by atoms with van der Waals surface area (Å²) in [5.74, 6) is 0.988. The number of benzene rings is 1. The maximum Gasteiger partial charge on any atom is 0.0899 e. The Morgan fingerprint density at radius 1 is 1.33 bits per heavy atom. The van der Waals surface area contributed by atoms with Crippen LogP contribution < -0.4 is 0 Å². The van der Waals surface area contributed by atoms with Gasteiger partial charge in [0.1, 0.15) is 0 Å². The van der Waals surface area contributed by atoms with Gasteiger partial charge in [-0.15, -0.1) is 0 Å².